The molecule has 0 aromatic heterocycles. The lowest BCUT2D eigenvalue weighted by Gasteiger charge is -2.32. The standard InChI is InChI=1S/C23H34N2O4/c1-23(2,3)29-22(27)25-14-11-20(16-25)15-18-9-12-24(13-10-18)21(26)28-17-19-7-5-4-6-8-19/h4-8,18,20H,9-17H2,1-3H3. The first-order valence-electron chi connectivity index (χ1n) is 10.7. The van der Waals surface area contributed by atoms with Crippen molar-refractivity contribution < 1.29 is 19.1 Å². The van der Waals surface area contributed by atoms with Gasteiger partial charge in [0.25, 0.3) is 0 Å². The number of carbonyl (C=O) groups excluding carboxylic acids is 2. The van der Waals surface area contributed by atoms with Gasteiger partial charge in [0.1, 0.15) is 12.2 Å². The lowest BCUT2D eigenvalue weighted by atomic mass is 9.87. The van der Waals surface area contributed by atoms with Crippen LogP contribution in [0.3, 0.4) is 0 Å². The summed E-state index contributed by atoms with van der Waals surface area (Å²) in [5.41, 5.74) is 0.559. The van der Waals surface area contributed by atoms with Crippen molar-refractivity contribution in [2.45, 2.75) is 58.7 Å². The molecule has 2 aliphatic rings. The van der Waals surface area contributed by atoms with Crippen LogP contribution in [0.15, 0.2) is 30.3 Å². The van der Waals surface area contributed by atoms with E-state index >= 15 is 0 Å². The molecule has 6 nitrogen and oxygen atoms in total. The number of rotatable bonds is 4. The number of amides is 2. The Bertz CT molecular complexity index is 678. The Hall–Kier alpha value is -2.24. The zero-order valence-electron chi connectivity index (χ0n) is 17.9. The molecule has 1 unspecified atom stereocenters. The lowest BCUT2D eigenvalue weighted by Crippen LogP contribution is -2.39. The number of piperidine rings is 1. The van der Waals surface area contributed by atoms with E-state index in [4.69, 9.17) is 9.47 Å². The molecule has 2 saturated heterocycles. The van der Waals surface area contributed by atoms with Gasteiger partial charge in [0.2, 0.25) is 0 Å². The average molecular weight is 403 g/mol. The van der Waals surface area contributed by atoms with Crippen LogP contribution in [-0.2, 0) is 16.1 Å². The predicted molar refractivity (Wildman–Crippen MR) is 111 cm³/mol. The van der Waals surface area contributed by atoms with Crippen molar-refractivity contribution in [2.24, 2.45) is 11.8 Å². The molecule has 160 valence electrons. The van der Waals surface area contributed by atoms with E-state index in [-0.39, 0.29) is 12.2 Å². The summed E-state index contributed by atoms with van der Waals surface area (Å²) in [6.45, 7) is 9.09. The van der Waals surface area contributed by atoms with Crippen LogP contribution in [0.4, 0.5) is 9.59 Å². The molecule has 1 aromatic rings. The Morgan fingerprint density at radius 3 is 2.21 bits per heavy atom. The van der Waals surface area contributed by atoms with Crippen molar-refractivity contribution in [1.29, 1.82) is 0 Å². The van der Waals surface area contributed by atoms with Crippen molar-refractivity contribution in [2.75, 3.05) is 26.2 Å². The molecule has 29 heavy (non-hydrogen) atoms. The van der Waals surface area contributed by atoms with Gasteiger partial charge in [-0.05, 0) is 63.9 Å². The quantitative estimate of drug-likeness (QED) is 0.734. The number of hydrogen-bond acceptors (Lipinski definition) is 4. The molecule has 6 heteroatoms. The maximum absolute atomic E-state index is 12.3. The van der Waals surface area contributed by atoms with E-state index in [1.54, 1.807) is 0 Å². The van der Waals surface area contributed by atoms with Gasteiger partial charge in [-0.25, -0.2) is 9.59 Å². The van der Waals surface area contributed by atoms with Gasteiger partial charge in [-0.1, -0.05) is 30.3 Å². The summed E-state index contributed by atoms with van der Waals surface area (Å²) in [5, 5.41) is 0. The number of ether oxygens (including phenoxy) is 2. The Kier molecular flexibility index (Phi) is 7.04. The normalized spacial score (nSPS) is 20.6. The fourth-order valence-electron chi connectivity index (χ4n) is 4.15. The fraction of sp³-hybridized carbons (Fsp3) is 0.652. The van der Waals surface area contributed by atoms with Gasteiger partial charge in [0, 0.05) is 26.2 Å². The predicted octanol–water partition coefficient (Wildman–Crippen LogP) is 4.68. The Morgan fingerprint density at radius 1 is 0.931 bits per heavy atom. The van der Waals surface area contributed by atoms with Crippen molar-refractivity contribution in [3.63, 3.8) is 0 Å². The van der Waals surface area contributed by atoms with Crippen molar-refractivity contribution >= 4 is 12.2 Å². The molecule has 0 saturated carbocycles. The molecular weight excluding hydrogens is 368 g/mol. The number of benzene rings is 1. The zero-order valence-corrected chi connectivity index (χ0v) is 17.9. The minimum Gasteiger partial charge on any atom is -0.445 e. The van der Waals surface area contributed by atoms with Gasteiger partial charge in [-0.2, -0.15) is 0 Å². The van der Waals surface area contributed by atoms with E-state index in [0.29, 0.717) is 18.4 Å². The molecule has 2 heterocycles. The summed E-state index contributed by atoms with van der Waals surface area (Å²) in [5.74, 6) is 1.14. The van der Waals surface area contributed by atoms with Crippen LogP contribution in [-0.4, -0.2) is 53.8 Å². The molecule has 2 aliphatic heterocycles. The SMILES string of the molecule is CC(C)(C)OC(=O)N1CCC(CC2CCN(C(=O)OCc3ccccc3)CC2)C1. The molecule has 2 amide bonds. The highest BCUT2D eigenvalue weighted by molar-refractivity contribution is 5.68. The summed E-state index contributed by atoms with van der Waals surface area (Å²) in [7, 11) is 0. The van der Waals surface area contributed by atoms with E-state index in [1.807, 2.05) is 60.9 Å². The van der Waals surface area contributed by atoms with Crippen LogP contribution in [0.25, 0.3) is 0 Å². The molecule has 0 bridgehead atoms. The van der Waals surface area contributed by atoms with E-state index in [2.05, 4.69) is 0 Å². The minimum absolute atomic E-state index is 0.198. The third-order valence-electron chi connectivity index (χ3n) is 5.68. The smallest absolute Gasteiger partial charge is 0.410 e. The highest BCUT2D eigenvalue weighted by Gasteiger charge is 2.32. The van der Waals surface area contributed by atoms with Crippen LogP contribution in [0, 0.1) is 11.8 Å². The van der Waals surface area contributed by atoms with Crippen LogP contribution < -0.4 is 0 Å². The topological polar surface area (TPSA) is 59.1 Å². The van der Waals surface area contributed by atoms with Crippen molar-refractivity contribution in [3.8, 4) is 0 Å². The van der Waals surface area contributed by atoms with E-state index in [1.165, 1.54) is 0 Å². The van der Waals surface area contributed by atoms with Crippen molar-refractivity contribution in [1.82, 2.24) is 9.80 Å². The second-order valence-corrected chi connectivity index (χ2v) is 9.29. The van der Waals surface area contributed by atoms with E-state index in [9.17, 15) is 9.59 Å². The monoisotopic (exact) mass is 402 g/mol. The number of likely N-dealkylation sites (tertiary alicyclic amines) is 2. The second kappa shape index (κ2) is 9.51. The first kappa shape index (κ1) is 21.5. The summed E-state index contributed by atoms with van der Waals surface area (Å²) >= 11 is 0. The number of nitrogens with zero attached hydrogens (tertiary/aromatic N) is 2. The molecule has 0 aliphatic carbocycles. The van der Waals surface area contributed by atoms with E-state index < -0.39 is 5.60 Å². The molecular formula is C23H34N2O4. The lowest BCUT2D eigenvalue weighted by molar-refractivity contribution is 0.0284. The summed E-state index contributed by atoms with van der Waals surface area (Å²) in [4.78, 5) is 28.2. The Morgan fingerprint density at radius 2 is 1.55 bits per heavy atom. The molecule has 1 aromatic carbocycles. The Labute approximate surface area is 174 Å². The van der Waals surface area contributed by atoms with Crippen LogP contribution in [0.5, 0.6) is 0 Å². The van der Waals surface area contributed by atoms with Gasteiger partial charge in [-0.3, -0.25) is 0 Å². The summed E-state index contributed by atoms with van der Waals surface area (Å²) in [6, 6.07) is 9.76. The average Bonchev–Trinajstić information content (AvgIpc) is 3.15. The first-order chi connectivity index (χ1) is 13.8. The van der Waals surface area contributed by atoms with Gasteiger partial charge in [-0.15, -0.1) is 0 Å². The highest BCUT2D eigenvalue weighted by Crippen LogP contribution is 2.30. The van der Waals surface area contributed by atoms with Gasteiger partial charge in [0.15, 0.2) is 0 Å². The van der Waals surface area contributed by atoms with Crippen LogP contribution in [0.1, 0.15) is 52.0 Å². The molecule has 0 radical (unpaired) electrons. The zero-order chi connectivity index (χ0) is 20.9. The highest BCUT2D eigenvalue weighted by atomic mass is 16.6. The number of carbonyl (C=O) groups is 2. The largest absolute Gasteiger partial charge is 0.445 e. The Balaban J connectivity index is 1.36. The third kappa shape index (κ3) is 6.65. The first-order valence-corrected chi connectivity index (χ1v) is 10.7. The minimum atomic E-state index is -0.447. The molecule has 3 rings (SSSR count). The molecule has 0 N–H and O–H groups in total. The molecule has 2 fully saturated rings. The van der Waals surface area contributed by atoms with Gasteiger partial charge < -0.3 is 19.3 Å². The third-order valence-corrected chi connectivity index (χ3v) is 5.68. The maximum atomic E-state index is 12.3. The van der Waals surface area contributed by atoms with Crippen LogP contribution in [0.2, 0.25) is 0 Å². The van der Waals surface area contributed by atoms with Gasteiger partial charge >= 0.3 is 12.2 Å². The number of hydrogen-bond donors (Lipinski definition) is 0. The van der Waals surface area contributed by atoms with Crippen LogP contribution >= 0.6 is 0 Å². The maximum Gasteiger partial charge on any atom is 0.410 e. The summed E-state index contributed by atoms with van der Waals surface area (Å²) in [6.07, 6.45) is 3.75. The molecule has 1 atom stereocenters. The van der Waals surface area contributed by atoms with Crippen molar-refractivity contribution in [3.05, 3.63) is 35.9 Å². The van der Waals surface area contributed by atoms with E-state index in [0.717, 1.165) is 57.4 Å². The fourth-order valence-corrected chi connectivity index (χ4v) is 4.15. The molecule has 0 spiro atoms. The second-order valence-electron chi connectivity index (χ2n) is 9.29. The van der Waals surface area contributed by atoms with Gasteiger partial charge in [0.05, 0.1) is 0 Å². The summed E-state index contributed by atoms with van der Waals surface area (Å²) < 4.78 is 10.9.